The molecule has 19 heavy (non-hydrogen) atoms. The van der Waals surface area contributed by atoms with Gasteiger partial charge in [0.15, 0.2) is 0 Å². The first-order valence-electron chi connectivity index (χ1n) is 6.38. The molecule has 2 aliphatic heterocycles. The molecule has 0 amide bonds. The van der Waals surface area contributed by atoms with Crippen molar-refractivity contribution in [2.75, 3.05) is 0 Å². The van der Waals surface area contributed by atoms with E-state index in [0.717, 1.165) is 25.1 Å². The Morgan fingerprint density at radius 1 is 1.26 bits per heavy atom. The molecule has 1 aromatic heterocycles. The number of hydrogen-bond acceptors (Lipinski definition) is 4. The maximum absolute atomic E-state index is 13.2. The lowest BCUT2D eigenvalue weighted by molar-refractivity contribution is 0.227. The lowest BCUT2D eigenvalue weighted by atomic mass is 10.0. The summed E-state index contributed by atoms with van der Waals surface area (Å²) in [6.45, 7) is 0. The van der Waals surface area contributed by atoms with Gasteiger partial charge >= 0.3 is 0 Å². The van der Waals surface area contributed by atoms with Gasteiger partial charge in [-0.15, -0.1) is 0 Å². The number of rotatable bonds is 2. The minimum absolute atomic E-state index is 0.0537. The Kier molecular flexibility index (Phi) is 3.07. The lowest BCUT2D eigenvalue weighted by Gasteiger charge is -2.36. The molecule has 1 aromatic rings. The molecule has 2 saturated heterocycles. The van der Waals surface area contributed by atoms with Crippen LogP contribution in [0.4, 0.5) is 4.39 Å². The summed E-state index contributed by atoms with van der Waals surface area (Å²) in [7, 11) is -3.67. The molecule has 7 heteroatoms. The summed E-state index contributed by atoms with van der Waals surface area (Å²) in [5.41, 5.74) is 5.93. The lowest BCUT2D eigenvalue weighted by Crippen LogP contribution is -2.50. The first kappa shape index (κ1) is 13.0. The largest absolute Gasteiger partial charge is 0.328 e. The van der Waals surface area contributed by atoms with Crippen LogP contribution in [0.25, 0.3) is 0 Å². The fraction of sp³-hybridized carbons (Fsp3) is 0.583. The van der Waals surface area contributed by atoms with Crippen LogP contribution in [0.3, 0.4) is 0 Å². The Morgan fingerprint density at radius 3 is 2.47 bits per heavy atom. The average Bonchev–Trinajstić information content (AvgIpc) is 2.63. The Labute approximate surface area is 111 Å². The van der Waals surface area contributed by atoms with Gasteiger partial charge in [-0.1, -0.05) is 0 Å². The molecule has 2 atom stereocenters. The van der Waals surface area contributed by atoms with Crippen molar-refractivity contribution in [3.8, 4) is 0 Å². The highest BCUT2D eigenvalue weighted by molar-refractivity contribution is 7.89. The zero-order valence-electron chi connectivity index (χ0n) is 10.4. The third-order valence-electron chi connectivity index (χ3n) is 3.96. The topological polar surface area (TPSA) is 76.3 Å². The first-order valence-corrected chi connectivity index (χ1v) is 7.82. The number of nitrogens with two attached hydrogens (primary N) is 1. The first-order chi connectivity index (χ1) is 8.98. The van der Waals surface area contributed by atoms with E-state index in [-0.39, 0.29) is 23.0 Å². The van der Waals surface area contributed by atoms with Crippen molar-refractivity contribution in [2.45, 2.75) is 48.7 Å². The normalized spacial score (nSPS) is 31.6. The van der Waals surface area contributed by atoms with Crippen molar-refractivity contribution in [1.29, 1.82) is 0 Å². The van der Waals surface area contributed by atoms with Crippen molar-refractivity contribution < 1.29 is 12.8 Å². The summed E-state index contributed by atoms with van der Waals surface area (Å²) < 4.78 is 39.9. The second-order valence-electron chi connectivity index (χ2n) is 5.29. The van der Waals surface area contributed by atoms with E-state index in [4.69, 9.17) is 5.73 Å². The van der Waals surface area contributed by atoms with Crippen molar-refractivity contribution in [3.63, 3.8) is 0 Å². The van der Waals surface area contributed by atoms with Crippen LogP contribution in [0.15, 0.2) is 23.4 Å². The van der Waals surface area contributed by atoms with Gasteiger partial charge in [0.05, 0.1) is 6.20 Å². The molecule has 5 nitrogen and oxygen atoms in total. The van der Waals surface area contributed by atoms with Gasteiger partial charge in [0.25, 0.3) is 0 Å². The highest BCUT2D eigenvalue weighted by Gasteiger charge is 2.46. The minimum Gasteiger partial charge on any atom is -0.328 e. The van der Waals surface area contributed by atoms with Crippen molar-refractivity contribution >= 4 is 10.0 Å². The van der Waals surface area contributed by atoms with Crippen LogP contribution in [0.5, 0.6) is 0 Å². The second-order valence-corrected chi connectivity index (χ2v) is 7.13. The van der Waals surface area contributed by atoms with Gasteiger partial charge in [0.2, 0.25) is 10.0 Å². The third-order valence-corrected chi connectivity index (χ3v) is 5.93. The van der Waals surface area contributed by atoms with Crippen LogP contribution >= 0.6 is 0 Å². The Bertz CT molecular complexity index is 578. The molecule has 0 saturated carbocycles. The number of aromatic nitrogens is 1. The molecular weight excluding hydrogens is 269 g/mol. The van der Waals surface area contributed by atoms with Crippen LogP contribution in [0, 0.1) is 5.82 Å². The number of piperidine rings is 1. The van der Waals surface area contributed by atoms with Crippen LogP contribution < -0.4 is 5.73 Å². The van der Waals surface area contributed by atoms with E-state index in [2.05, 4.69) is 4.98 Å². The molecule has 0 aliphatic carbocycles. The minimum atomic E-state index is -3.67. The van der Waals surface area contributed by atoms with Crippen molar-refractivity contribution in [1.82, 2.24) is 9.29 Å². The maximum Gasteiger partial charge on any atom is 0.245 e. The molecule has 0 aromatic carbocycles. The number of nitrogens with zero attached hydrogens (tertiary/aromatic N) is 2. The van der Waals surface area contributed by atoms with Gasteiger partial charge in [0, 0.05) is 24.3 Å². The molecule has 0 radical (unpaired) electrons. The fourth-order valence-corrected chi connectivity index (χ4v) is 5.09. The van der Waals surface area contributed by atoms with Crippen LogP contribution in [0.2, 0.25) is 0 Å². The van der Waals surface area contributed by atoms with Crippen LogP contribution in [0.1, 0.15) is 25.7 Å². The molecule has 0 spiro atoms. The molecule has 2 N–H and O–H groups in total. The van der Waals surface area contributed by atoms with E-state index in [1.165, 1.54) is 10.5 Å². The summed E-state index contributed by atoms with van der Waals surface area (Å²) in [6, 6.07) is 0.981. The zero-order chi connectivity index (χ0) is 13.6. The Balaban J connectivity index is 1.98. The predicted octanol–water partition coefficient (Wildman–Crippen LogP) is 0.863. The van der Waals surface area contributed by atoms with E-state index in [1.54, 1.807) is 0 Å². The smallest absolute Gasteiger partial charge is 0.245 e. The Morgan fingerprint density at radius 2 is 1.89 bits per heavy atom. The van der Waals surface area contributed by atoms with Gasteiger partial charge in [-0.25, -0.2) is 12.8 Å². The van der Waals surface area contributed by atoms with E-state index in [9.17, 15) is 12.8 Å². The zero-order valence-corrected chi connectivity index (χ0v) is 11.2. The monoisotopic (exact) mass is 285 g/mol. The molecular formula is C12H16FN3O2S. The molecule has 104 valence electrons. The summed E-state index contributed by atoms with van der Waals surface area (Å²) in [5.74, 6) is -0.637. The van der Waals surface area contributed by atoms with E-state index >= 15 is 0 Å². The summed E-state index contributed by atoms with van der Waals surface area (Å²) in [5, 5.41) is 0. The summed E-state index contributed by atoms with van der Waals surface area (Å²) in [6.07, 6.45) is 5.23. The van der Waals surface area contributed by atoms with Gasteiger partial charge in [-0.05, 0) is 31.7 Å². The number of pyridine rings is 1. The van der Waals surface area contributed by atoms with Gasteiger partial charge in [-0.2, -0.15) is 4.31 Å². The molecule has 3 rings (SSSR count). The van der Waals surface area contributed by atoms with E-state index in [1.807, 2.05) is 0 Å². The molecule has 3 heterocycles. The average molecular weight is 285 g/mol. The third kappa shape index (κ3) is 2.15. The maximum atomic E-state index is 13.2. The highest BCUT2D eigenvalue weighted by Crippen LogP contribution is 2.39. The molecule has 2 bridgehead atoms. The standard InChI is InChI=1S/C12H16FN3O2S/c13-8-3-12(7-15-6-8)19(17,18)16-10-1-2-11(16)5-9(14)4-10/h3,6-7,9-11H,1-2,4-5,14H2. The highest BCUT2D eigenvalue weighted by atomic mass is 32.2. The number of sulfonamides is 1. The van der Waals surface area contributed by atoms with Gasteiger partial charge < -0.3 is 5.73 Å². The molecule has 2 unspecified atom stereocenters. The number of fused-ring (bicyclic) bond motifs is 2. The van der Waals surface area contributed by atoms with Gasteiger partial charge in [0.1, 0.15) is 10.7 Å². The number of hydrogen-bond donors (Lipinski definition) is 1. The summed E-state index contributed by atoms with van der Waals surface area (Å²) >= 11 is 0. The fourth-order valence-electron chi connectivity index (χ4n) is 3.22. The van der Waals surface area contributed by atoms with Crippen molar-refractivity contribution in [3.05, 3.63) is 24.3 Å². The summed E-state index contributed by atoms with van der Waals surface area (Å²) in [4.78, 5) is 3.56. The van der Waals surface area contributed by atoms with Crippen molar-refractivity contribution in [2.24, 2.45) is 5.73 Å². The predicted molar refractivity (Wildman–Crippen MR) is 67.2 cm³/mol. The SMILES string of the molecule is NC1CC2CCC(C1)N2S(=O)(=O)c1cncc(F)c1. The van der Waals surface area contributed by atoms with Crippen LogP contribution in [-0.4, -0.2) is 35.8 Å². The Hall–Kier alpha value is -1.05. The number of halogens is 1. The van der Waals surface area contributed by atoms with E-state index < -0.39 is 15.8 Å². The van der Waals surface area contributed by atoms with Crippen LogP contribution in [-0.2, 0) is 10.0 Å². The molecule has 2 aliphatic rings. The second kappa shape index (κ2) is 4.50. The quantitative estimate of drug-likeness (QED) is 0.874. The molecule has 2 fully saturated rings. The van der Waals surface area contributed by atoms with E-state index in [0.29, 0.717) is 12.8 Å². The van der Waals surface area contributed by atoms with Gasteiger partial charge in [-0.3, -0.25) is 4.98 Å².